The number of nitrogens with one attached hydrogen (secondary N) is 2. The second kappa shape index (κ2) is 6.63. The van der Waals surface area contributed by atoms with Gasteiger partial charge in [-0.2, -0.15) is 0 Å². The summed E-state index contributed by atoms with van der Waals surface area (Å²) in [6.07, 6.45) is 0.912. The van der Waals surface area contributed by atoms with Gasteiger partial charge in [0.05, 0.1) is 6.61 Å². The number of carbonyl (C=O) groups excluding carboxylic acids is 1. The summed E-state index contributed by atoms with van der Waals surface area (Å²) in [7, 11) is 0. The molecular formula is C13H18ClN3O2. The number of benzene rings is 1. The molecule has 0 aromatic heterocycles. The Morgan fingerprint density at radius 2 is 2.16 bits per heavy atom. The van der Waals surface area contributed by atoms with Crippen LogP contribution in [0.25, 0.3) is 0 Å². The van der Waals surface area contributed by atoms with Crippen LogP contribution in [0.15, 0.2) is 24.3 Å². The van der Waals surface area contributed by atoms with Crippen molar-refractivity contribution in [3.63, 3.8) is 0 Å². The summed E-state index contributed by atoms with van der Waals surface area (Å²) < 4.78 is 0. The molecule has 5 nitrogen and oxygen atoms in total. The van der Waals surface area contributed by atoms with Gasteiger partial charge in [0, 0.05) is 36.4 Å². The monoisotopic (exact) mass is 283 g/mol. The van der Waals surface area contributed by atoms with Gasteiger partial charge in [0.1, 0.15) is 0 Å². The fourth-order valence-electron chi connectivity index (χ4n) is 2.17. The molecule has 1 unspecified atom stereocenters. The van der Waals surface area contributed by atoms with E-state index in [1.807, 2.05) is 24.3 Å². The first-order valence-electron chi connectivity index (χ1n) is 6.35. The van der Waals surface area contributed by atoms with Crippen LogP contribution in [0.3, 0.4) is 0 Å². The molecule has 1 fully saturated rings. The van der Waals surface area contributed by atoms with Gasteiger partial charge in [-0.25, -0.2) is 4.79 Å². The Bertz CT molecular complexity index is 424. The Labute approximate surface area is 117 Å². The molecule has 19 heavy (non-hydrogen) atoms. The van der Waals surface area contributed by atoms with E-state index in [9.17, 15) is 4.79 Å². The second-order valence-corrected chi connectivity index (χ2v) is 4.97. The molecule has 1 heterocycles. The van der Waals surface area contributed by atoms with Gasteiger partial charge in [-0.3, -0.25) is 0 Å². The molecule has 0 saturated carbocycles. The van der Waals surface area contributed by atoms with Gasteiger partial charge in [-0.1, -0.05) is 11.6 Å². The number of hydrogen-bond donors (Lipinski definition) is 3. The van der Waals surface area contributed by atoms with Crippen molar-refractivity contribution in [3.05, 3.63) is 29.3 Å². The molecule has 3 N–H and O–H groups in total. The number of rotatable bonds is 4. The molecule has 0 bridgehead atoms. The van der Waals surface area contributed by atoms with Gasteiger partial charge >= 0.3 is 6.03 Å². The topological polar surface area (TPSA) is 64.6 Å². The number of hydrogen-bond acceptors (Lipinski definition) is 3. The second-order valence-electron chi connectivity index (χ2n) is 4.53. The number of carbonyl (C=O) groups is 1. The molecule has 104 valence electrons. The highest BCUT2D eigenvalue weighted by atomic mass is 35.5. The molecule has 0 aliphatic carbocycles. The molecular weight excluding hydrogens is 266 g/mol. The van der Waals surface area contributed by atoms with Crippen LogP contribution in [0.1, 0.15) is 6.42 Å². The van der Waals surface area contributed by atoms with Crippen molar-refractivity contribution in [2.75, 3.05) is 31.1 Å². The fourth-order valence-corrected chi connectivity index (χ4v) is 2.30. The lowest BCUT2D eigenvalue weighted by atomic mass is 10.3. The van der Waals surface area contributed by atoms with E-state index in [0.717, 1.165) is 30.2 Å². The van der Waals surface area contributed by atoms with Crippen molar-refractivity contribution in [1.29, 1.82) is 0 Å². The van der Waals surface area contributed by atoms with Crippen LogP contribution in [0.2, 0.25) is 5.02 Å². The van der Waals surface area contributed by atoms with Gasteiger partial charge in [0.25, 0.3) is 0 Å². The normalized spacial score (nSPS) is 18.4. The maximum atomic E-state index is 11.5. The van der Waals surface area contributed by atoms with Crippen molar-refractivity contribution in [1.82, 2.24) is 10.6 Å². The van der Waals surface area contributed by atoms with E-state index in [2.05, 4.69) is 15.5 Å². The Morgan fingerprint density at radius 3 is 2.84 bits per heavy atom. The molecule has 0 radical (unpaired) electrons. The molecule has 1 aromatic carbocycles. The maximum Gasteiger partial charge on any atom is 0.315 e. The fraction of sp³-hybridized carbons (Fsp3) is 0.462. The number of halogens is 1. The van der Waals surface area contributed by atoms with Crippen molar-refractivity contribution < 1.29 is 9.90 Å². The van der Waals surface area contributed by atoms with Gasteiger partial charge in [-0.15, -0.1) is 0 Å². The number of aliphatic hydroxyl groups is 1. The molecule has 1 atom stereocenters. The molecule has 6 heteroatoms. The van der Waals surface area contributed by atoms with Crippen LogP contribution < -0.4 is 15.5 Å². The Kier molecular flexibility index (Phi) is 4.87. The first-order chi connectivity index (χ1) is 9.19. The molecule has 2 rings (SSSR count). The Hall–Kier alpha value is -1.46. The third-order valence-corrected chi connectivity index (χ3v) is 3.36. The zero-order valence-corrected chi connectivity index (χ0v) is 11.4. The van der Waals surface area contributed by atoms with E-state index >= 15 is 0 Å². The highest BCUT2D eigenvalue weighted by Crippen LogP contribution is 2.22. The van der Waals surface area contributed by atoms with E-state index in [-0.39, 0.29) is 25.2 Å². The molecule has 1 saturated heterocycles. The molecule has 1 aromatic rings. The summed E-state index contributed by atoms with van der Waals surface area (Å²) in [6.45, 7) is 1.93. The average molecular weight is 284 g/mol. The summed E-state index contributed by atoms with van der Waals surface area (Å²) in [5, 5.41) is 14.8. The Morgan fingerprint density at radius 1 is 1.42 bits per heavy atom. The lowest BCUT2D eigenvalue weighted by Crippen LogP contribution is -2.44. The minimum absolute atomic E-state index is 0.0466. The third-order valence-electron chi connectivity index (χ3n) is 3.11. The quantitative estimate of drug-likeness (QED) is 0.778. The highest BCUT2D eigenvalue weighted by molar-refractivity contribution is 6.30. The lowest BCUT2D eigenvalue weighted by Gasteiger charge is -2.19. The molecule has 1 aliphatic rings. The van der Waals surface area contributed by atoms with Crippen LogP contribution in [0, 0.1) is 0 Å². The van der Waals surface area contributed by atoms with Crippen LogP contribution in [-0.2, 0) is 0 Å². The minimum atomic E-state index is -0.225. The van der Waals surface area contributed by atoms with Crippen LogP contribution in [-0.4, -0.2) is 43.4 Å². The van der Waals surface area contributed by atoms with Crippen LogP contribution in [0.4, 0.5) is 10.5 Å². The van der Waals surface area contributed by atoms with Crippen LogP contribution in [0.5, 0.6) is 0 Å². The largest absolute Gasteiger partial charge is 0.395 e. The summed E-state index contributed by atoms with van der Waals surface area (Å²) >= 11 is 5.86. The van der Waals surface area contributed by atoms with Crippen molar-refractivity contribution in [2.45, 2.75) is 12.5 Å². The molecule has 2 amide bonds. The van der Waals surface area contributed by atoms with Gasteiger partial charge < -0.3 is 20.6 Å². The van der Waals surface area contributed by atoms with Gasteiger partial charge in [-0.05, 0) is 30.7 Å². The lowest BCUT2D eigenvalue weighted by molar-refractivity contribution is 0.231. The van der Waals surface area contributed by atoms with E-state index in [1.54, 1.807) is 0 Å². The summed E-state index contributed by atoms with van der Waals surface area (Å²) in [4.78, 5) is 13.7. The van der Waals surface area contributed by atoms with E-state index < -0.39 is 0 Å². The predicted octanol–water partition coefficient (Wildman–Crippen LogP) is 1.21. The average Bonchev–Trinajstić information content (AvgIpc) is 2.85. The van der Waals surface area contributed by atoms with E-state index in [0.29, 0.717) is 0 Å². The number of nitrogens with zero attached hydrogens (tertiary/aromatic N) is 1. The highest BCUT2D eigenvalue weighted by Gasteiger charge is 2.23. The Balaban J connectivity index is 1.83. The van der Waals surface area contributed by atoms with Crippen LogP contribution >= 0.6 is 11.6 Å². The zero-order valence-electron chi connectivity index (χ0n) is 10.6. The predicted molar refractivity (Wildman–Crippen MR) is 75.7 cm³/mol. The van der Waals surface area contributed by atoms with Gasteiger partial charge in [0.15, 0.2) is 0 Å². The summed E-state index contributed by atoms with van der Waals surface area (Å²) in [5.74, 6) is 0. The maximum absolute atomic E-state index is 11.5. The minimum Gasteiger partial charge on any atom is -0.395 e. The van der Waals surface area contributed by atoms with Crippen molar-refractivity contribution in [2.24, 2.45) is 0 Å². The number of amides is 2. The SMILES string of the molecule is O=C(NCCO)NC1CCN(c2ccc(Cl)cc2)C1. The number of urea groups is 1. The van der Waals surface area contributed by atoms with Gasteiger partial charge in [0.2, 0.25) is 0 Å². The van der Waals surface area contributed by atoms with E-state index in [4.69, 9.17) is 16.7 Å². The first-order valence-corrected chi connectivity index (χ1v) is 6.72. The zero-order chi connectivity index (χ0) is 13.7. The number of anilines is 1. The third kappa shape index (κ3) is 4.01. The number of aliphatic hydroxyl groups excluding tert-OH is 1. The van der Waals surface area contributed by atoms with E-state index in [1.165, 1.54) is 0 Å². The van der Waals surface area contributed by atoms with Crippen molar-refractivity contribution in [3.8, 4) is 0 Å². The summed E-state index contributed by atoms with van der Waals surface area (Å²) in [5.41, 5.74) is 1.12. The summed E-state index contributed by atoms with van der Waals surface area (Å²) in [6, 6.07) is 7.61. The standard InChI is InChI=1S/C13H18ClN3O2/c14-10-1-3-12(4-2-10)17-7-5-11(9-17)16-13(19)15-6-8-18/h1-4,11,18H,5-9H2,(H2,15,16,19). The van der Waals surface area contributed by atoms with Crippen molar-refractivity contribution >= 4 is 23.3 Å². The molecule has 1 aliphatic heterocycles. The smallest absolute Gasteiger partial charge is 0.315 e. The first kappa shape index (κ1) is 14.0. The molecule has 0 spiro atoms.